The fourth-order valence-electron chi connectivity index (χ4n) is 2.11. The van der Waals surface area contributed by atoms with Gasteiger partial charge < -0.3 is 20.3 Å². The zero-order chi connectivity index (χ0) is 15.9. The fraction of sp³-hybridized carbons (Fsp3) is 0.250. The topological polar surface area (TPSA) is 83.4 Å². The highest BCUT2D eigenvalue weighted by molar-refractivity contribution is 5.90. The Morgan fingerprint density at radius 2 is 1.95 bits per heavy atom. The van der Waals surface area contributed by atoms with Gasteiger partial charge in [-0.15, -0.1) is 0 Å². The zero-order valence-corrected chi connectivity index (χ0v) is 12.3. The van der Waals surface area contributed by atoms with Gasteiger partial charge in [-0.05, 0) is 36.8 Å². The van der Waals surface area contributed by atoms with Gasteiger partial charge in [-0.25, -0.2) is 4.79 Å². The SMILES string of the molecule is CC[C@@H](CC(=O)O)NC(=O)Nc1cccc(-n2cccc2)c1. The number of hydrogen-bond acceptors (Lipinski definition) is 2. The van der Waals surface area contributed by atoms with Crippen molar-refractivity contribution in [2.45, 2.75) is 25.8 Å². The summed E-state index contributed by atoms with van der Waals surface area (Å²) in [4.78, 5) is 22.6. The molecule has 1 atom stereocenters. The summed E-state index contributed by atoms with van der Waals surface area (Å²) in [6.07, 6.45) is 4.30. The van der Waals surface area contributed by atoms with Crippen LogP contribution in [0.3, 0.4) is 0 Å². The summed E-state index contributed by atoms with van der Waals surface area (Å²) in [6.45, 7) is 1.83. The first-order valence-electron chi connectivity index (χ1n) is 7.11. The molecule has 1 aromatic heterocycles. The second-order valence-electron chi connectivity index (χ2n) is 4.94. The molecule has 1 heterocycles. The number of nitrogens with zero attached hydrogens (tertiary/aromatic N) is 1. The Hall–Kier alpha value is -2.76. The van der Waals surface area contributed by atoms with Gasteiger partial charge in [0.15, 0.2) is 0 Å². The smallest absolute Gasteiger partial charge is 0.319 e. The number of rotatable bonds is 6. The van der Waals surface area contributed by atoms with Crippen LogP contribution >= 0.6 is 0 Å². The maximum atomic E-state index is 11.9. The number of aliphatic carboxylic acids is 1. The van der Waals surface area contributed by atoms with Crippen LogP contribution in [0, 0.1) is 0 Å². The molecule has 0 aliphatic carbocycles. The summed E-state index contributed by atoms with van der Waals surface area (Å²) in [5.41, 5.74) is 1.58. The average Bonchev–Trinajstić information content (AvgIpc) is 3.00. The number of benzene rings is 1. The number of hydrogen-bond donors (Lipinski definition) is 3. The third-order valence-corrected chi connectivity index (χ3v) is 3.26. The van der Waals surface area contributed by atoms with Gasteiger partial charge in [0.2, 0.25) is 0 Å². The van der Waals surface area contributed by atoms with Crippen LogP contribution in [0.15, 0.2) is 48.8 Å². The molecule has 0 fully saturated rings. The van der Waals surface area contributed by atoms with Crippen molar-refractivity contribution in [3.63, 3.8) is 0 Å². The van der Waals surface area contributed by atoms with Gasteiger partial charge in [0, 0.05) is 29.8 Å². The van der Waals surface area contributed by atoms with Gasteiger partial charge in [-0.2, -0.15) is 0 Å². The second kappa shape index (κ2) is 7.31. The summed E-state index contributed by atoms with van der Waals surface area (Å²) in [7, 11) is 0. The monoisotopic (exact) mass is 301 g/mol. The van der Waals surface area contributed by atoms with Crippen LogP contribution < -0.4 is 10.6 Å². The number of carboxylic acid groups (broad SMARTS) is 1. The maximum Gasteiger partial charge on any atom is 0.319 e. The molecule has 0 unspecified atom stereocenters. The van der Waals surface area contributed by atoms with E-state index in [1.165, 1.54) is 0 Å². The molecule has 0 spiro atoms. The summed E-state index contributed by atoms with van der Waals surface area (Å²) < 4.78 is 1.93. The quantitative estimate of drug-likeness (QED) is 0.767. The first-order chi connectivity index (χ1) is 10.6. The van der Waals surface area contributed by atoms with E-state index in [4.69, 9.17) is 5.11 Å². The standard InChI is InChI=1S/C16H19N3O3/c1-2-12(11-15(20)21)17-16(22)18-13-6-5-7-14(10-13)19-8-3-4-9-19/h3-10,12H,2,11H2,1H3,(H,20,21)(H2,17,18,22)/t12-/m0/s1. The van der Waals surface area contributed by atoms with Crippen LogP contribution in [0.1, 0.15) is 19.8 Å². The van der Waals surface area contributed by atoms with Crippen molar-refractivity contribution < 1.29 is 14.7 Å². The minimum absolute atomic E-state index is 0.0900. The third-order valence-electron chi connectivity index (χ3n) is 3.26. The Labute approximate surface area is 128 Å². The molecule has 6 heteroatoms. The lowest BCUT2D eigenvalue weighted by molar-refractivity contribution is -0.137. The lowest BCUT2D eigenvalue weighted by Gasteiger charge is -2.15. The van der Waals surface area contributed by atoms with Gasteiger partial charge in [-0.3, -0.25) is 4.79 Å². The van der Waals surface area contributed by atoms with Crippen LogP contribution in [0.4, 0.5) is 10.5 Å². The van der Waals surface area contributed by atoms with E-state index in [9.17, 15) is 9.59 Å². The molecule has 0 saturated carbocycles. The molecule has 0 aliphatic heterocycles. The van der Waals surface area contributed by atoms with Crippen LogP contribution in [-0.2, 0) is 4.79 Å². The van der Waals surface area contributed by atoms with Crippen molar-refractivity contribution in [3.8, 4) is 5.69 Å². The summed E-state index contributed by atoms with van der Waals surface area (Å²) in [6, 6.07) is 10.5. The first kappa shape index (κ1) is 15.6. The lowest BCUT2D eigenvalue weighted by atomic mass is 10.1. The predicted octanol–water partition coefficient (Wildman–Crippen LogP) is 2.85. The Morgan fingerprint density at radius 1 is 1.23 bits per heavy atom. The number of nitrogens with one attached hydrogen (secondary N) is 2. The van der Waals surface area contributed by atoms with E-state index in [2.05, 4.69) is 10.6 Å². The molecule has 22 heavy (non-hydrogen) atoms. The van der Waals surface area contributed by atoms with E-state index in [1.807, 2.05) is 54.2 Å². The molecule has 116 valence electrons. The summed E-state index contributed by atoms with van der Waals surface area (Å²) in [5, 5.41) is 14.2. The van der Waals surface area contributed by atoms with Crippen molar-refractivity contribution in [1.29, 1.82) is 0 Å². The number of carboxylic acids is 1. The number of aromatic nitrogens is 1. The minimum atomic E-state index is -0.929. The molecule has 2 aromatic rings. The highest BCUT2D eigenvalue weighted by atomic mass is 16.4. The fourth-order valence-corrected chi connectivity index (χ4v) is 2.11. The number of urea groups is 1. The van der Waals surface area contributed by atoms with Crippen molar-refractivity contribution in [1.82, 2.24) is 9.88 Å². The molecule has 3 N–H and O–H groups in total. The van der Waals surface area contributed by atoms with Crippen LogP contribution in [-0.4, -0.2) is 27.7 Å². The number of anilines is 1. The number of amides is 2. The van der Waals surface area contributed by atoms with Crippen molar-refractivity contribution >= 4 is 17.7 Å². The second-order valence-corrected chi connectivity index (χ2v) is 4.94. The number of carbonyl (C=O) groups is 2. The normalized spacial score (nSPS) is 11.7. The first-order valence-corrected chi connectivity index (χ1v) is 7.11. The summed E-state index contributed by atoms with van der Waals surface area (Å²) in [5.74, 6) is -0.929. The molecule has 0 radical (unpaired) electrons. The molecular formula is C16H19N3O3. The molecule has 6 nitrogen and oxygen atoms in total. The van der Waals surface area contributed by atoms with Crippen LogP contribution in [0.5, 0.6) is 0 Å². The van der Waals surface area contributed by atoms with E-state index in [0.717, 1.165) is 5.69 Å². The molecule has 1 aromatic carbocycles. The Morgan fingerprint density at radius 3 is 2.59 bits per heavy atom. The molecule has 0 saturated heterocycles. The molecule has 0 bridgehead atoms. The van der Waals surface area contributed by atoms with Crippen molar-refractivity contribution in [2.75, 3.05) is 5.32 Å². The lowest BCUT2D eigenvalue weighted by Crippen LogP contribution is -2.38. The van der Waals surface area contributed by atoms with Gasteiger partial charge >= 0.3 is 12.0 Å². The molecule has 2 amide bonds. The van der Waals surface area contributed by atoms with Gasteiger partial charge in [0.05, 0.1) is 6.42 Å². The van der Waals surface area contributed by atoms with E-state index in [-0.39, 0.29) is 12.5 Å². The van der Waals surface area contributed by atoms with E-state index in [1.54, 1.807) is 6.07 Å². The van der Waals surface area contributed by atoms with Gasteiger partial charge in [-0.1, -0.05) is 13.0 Å². The third kappa shape index (κ3) is 4.37. The molecule has 0 aliphatic rings. The van der Waals surface area contributed by atoms with Gasteiger partial charge in [0.25, 0.3) is 0 Å². The van der Waals surface area contributed by atoms with Crippen molar-refractivity contribution in [2.24, 2.45) is 0 Å². The van der Waals surface area contributed by atoms with Crippen LogP contribution in [0.2, 0.25) is 0 Å². The minimum Gasteiger partial charge on any atom is -0.481 e. The Kier molecular flexibility index (Phi) is 5.19. The Balaban J connectivity index is 1.99. The molecular weight excluding hydrogens is 282 g/mol. The highest BCUT2D eigenvalue weighted by Gasteiger charge is 2.14. The maximum absolute atomic E-state index is 11.9. The van der Waals surface area contributed by atoms with Gasteiger partial charge in [0.1, 0.15) is 0 Å². The largest absolute Gasteiger partial charge is 0.481 e. The van der Waals surface area contributed by atoms with E-state index < -0.39 is 12.0 Å². The van der Waals surface area contributed by atoms with Crippen molar-refractivity contribution in [3.05, 3.63) is 48.8 Å². The molecule has 2 rings (SSSR count). The Bertz CT molecular complexity index is 638. The average molecular weight is 301 g/mol. The van der Waals surface area contributed by atoms with Crippen LogP contribution in [0.25, 0.3) is 5.69 Å². The predicted molar refractivity (Wildman–Crippen MR) is 84.3 cm³/mol. The van der Waals surface area contributed by atoms with E-state index in [0.29, 0.717) is 12.1 Å². The summed E-state index contributed by atoms with van der Waals surface area (Å²) >= 11 is 0. The van der Waals surface area contributed by atoms with E-state index >= 15 is 0 Å². The number of carbonyl (C=O) groups excluding carboxylic acids is 1. The zero-order valence-electron chi connectivity index (χ0n) is 12.3. The highest BCUT2D eigenvalue weighted by Crippen LogP contribution is 2.14.